The zero-order chi connectivity index (χ0) is 63.8. The molecule has 4 N–H and O–H groups in total. The third kappa shape index (κ3) is 16.2. The van der Waals surface area contributed by atoms with Gasteiger partial charge in [0.15, 0.2) is 0 Å². The molecule has 30 heteroatoms. The molecule has 1 aliphatic carbocycles. The highest BCUT2D eigenvalue weighted by atomic mass is 35.5. The second-order valence-electron chi connectivity index (χ2n) is 23.9. The van der Waals surface area contributed by atoms with Gasteiger partial charge in [0.1, 0.15) is 9.84 Å². The number of hydrogen-bond acceptors (Lipinski definition) is 13. The number of aromatic amines is 4. The number of halogens is 7. The third-order valence-electron chi connectivity index (χ3n) is 17.6. The molecule has 0 atom stereocenters. The molecule has 8 aromatic rings. The van der Waals surface area contributed by atoms with Crippen molar-refractivity contribution < 1.29 is 56.4 Å². The topological polar surface area (TPSA) is 250 Å². The number of alkyl halides is 6. The lowest BCUT2D eigenvalue weighted by Crippen LogP contribution is -2.48. The summed E-state index contributed by atoms with van der Waals surface area (Å²) in [6.45, 7) is 7.70. The van der Waals surface area contributed by atoms with E-state index in [0.29, 0.717) is 115 Å². The first-order valence-electron chi connectivity index (χ1n) is 29.5. The first-order chi connectivity index (χ1) is 42.0. The largest absolute Gasteiger partial charge is 0.416 e. The summed E-state index contributed by atoms with van der Waals surface area (Å²) in [5, 5.41) is 31.5. The lowest BCUT2D eigenvalue weighted by Gasteiger charge is -2.35. The molecule has 4 aliphatic heterocycles. The van der Waals surface area contributed by atoms with Crippen molar-refractivity contribution in [1.82, 2.24) is 54.3 Å². The number of hydrogen-bond donors (Lipinski definition) is 4. The van der Waals surface area contributed by atoms with Gasteiger partial charge in [-0.15, -0.1) is 0 Å². The van der Waals surface area contributed by atoms with Crippen molar-refractivity contribution in [3.8, 4) is 0 Å². The lowest BCUT2D eigenvalue weighted by molar-refractivity contribution is -0.138. The van der Waals surface area contributed by atoms with Gasteiger partial charge in [-0.3, -0.25) is 25.2 Å². The van der Waals surface area contributed by atoms with Crippen LogP contribution in [0.1, 0.15) is 110 Å². The summed E-state index contributed by atoms with van der Waals surface area (Å²) in [6.07, 6.45) is 9.37. The molecule has 482 valence electrons. The standard InChI is InChI=1S/C15H20ClN3O2S.C15H16F3N3O.C15H20N4O2S.C14H16F3N3O2S/c1-22(20,21)7-4-11-2-5-19(6-3-11)15-9-12(16)8-14-13(15)10-17-18-14;1-9(22)21-4-2-10(3-5-21)12-6-11(15(16,17)18)7-14-13(12)8-19-20-14;1-22(20,21)19-6-4-18(5-7-19)15-9-12(11-2-3-11)8-14-13(15)10-16-17-14;1-23(21,22)20-4-2-9(3-5-20)11-6-10(14(15,16)17)7-13-12(11)8-18-19-13/h8-11H,2-7H2,1H3,(H,17,18);6-8,10H,2-5H2,1H3,(H,19,20);8-11H,2-7H2,1H3,(H,16,17);6-9H,2-5H2,1H3,(H,18,19). The van der Waals surface area contributed by atoms with Gasteiger partial charge in [0.25, 0.3) is 0 Å². The number of carbonyl (C=O) groups excluding carboxylic acids is 1. The summed E-state index contributed by atoms with van der Waals surface area (Å²) in [5.41, 5.74) is 6.31. The predicted molar refractivity (Wildman–Crippen MR) is 332 cm³/mol. The summed E-state index contributed by atoms with van der Waals surface area (Å²) >= 11 is 6.19. The summed E-state index contributed by atoms with van der Waals surface area (Å²) in [4.78, 5) is 17.7. The number of sulfone groups is 1. The summed E-state index contributed by atoms with van der Waals surface area (Å²) in [6, 6.07) is 12.9. The van der Waals surface area contributed by atoms with Crippen LogP contribution in [0.25, 0.3) is 43.6 Å². The molecule has 1 saturated carbocycles. The van der Waals surface area contributed by atoms with Crippen molar-refractivity contribution >= 4 is 102 Å². The van der Waals surface area contributed by atoms with Crippen molar-refractivity contribution in [2.45, 2.75) is 94.8 Å². The van der Waals surface area contributed by atoms with E-state index in [-0.39, 0.29) is 17.7 Å². The zero-order valence-corrected chi connectivity index (χ0v) is 52.8. The van der Waals surface area contributed by atoms with Gasteiger partial charge in [-0.1, -0.05) is 11.6 Å². The van der Waals surface area contributed by atoms with Crippen LogP contribution >= 0.6 is 11.6 Å². The molecular formula is C59H72ClF6N13O7S3. The molecule has 4 aromatic carbocycles. The van der Waals surface area contributed by atoms with Crippen LogP contribution in [0.5, 0.6) is 0 Å². The van der Waals surface area contributed by atoms with Crippen LogP contribution < -0.4 is 9.80 Å². The maximum Gasteiger partial charge on any atom is 0.416 e. The number of benzene rings is 4. The molecule has 1 amide bonds. The van der Waals surface area contributed by atoms with Gasteiger partial charge in [0, 0.05) is 117 Å². The number of piperazine rings is 1. The number of likely N-dealkylation sites (tertiary alicyclic amines) is 1. The Balaban J connectivity index is 0.000000131. The highest BCUT2D eigenvalue weighted by Crippen LogP contribution is 2.44. The SMILES string of the molecule is CC(=O)N1CCC(c2cc(C(F)(F)F)cc3[nH]ncc23)CC1.CS(=O)(=O)CCC1CCN(c2cc(Cl)cc3[nH]ncc23)CC1.CS(=O)(=O)N1CCC(c2cc(C(F)(F)F)cc3[nH]ncc23)CC1.CS(=O)(=O)N1CCN(c2cc(C3CC3)cc3[nH]ncc23)CC1. The van der Waals surface area contributed by atoms with E-state index in [1.165, 1.54) is 66.2 Å². The normalized spacial score (nSPS) is 18.4. The lowest BCUT2D eigenvalue weighted by atomic mass is 9.86. The van der Waals surface area contributed by atoms with Gasteiger partial charge in [0.2, 0.25) is 26.0 Å². The van der Waals surface area contributed by atoms with E-state index in [1.807, 2.05) is 24.5 Å². The molecule has 0 bridgehead atoms. The Kier molecular flexibility index (Phi) is 19.4. The number of nitrogens with one attached hydrogen (secondary N) is 4. The fourth-order valence-corrected chi connectivity index (χ4v) is 15.2. The highest BCUT2D eigenvalue weighted by molar-refractivity contribution is 7.90. The molecule has 5 aliphatic rings. The maximum absolute atomic E-state index is 13.1. The number of amides is 1. The average Bonchev–Trinajstić information content (AvgIpc) is 2.27. The zero-order valence-electron chi connectivity index (χ0n) is 49.6. The fraction of sp³-hybridized carbons (Fsp3) is 0.508. The first kappa shape index (κ1) is 65.4. The van der Waals surface area contributed by atoms with Crippen LogP contribution in [0.2, 0.25) is 5.02 Å². The van der Waals surface area contributed by atoms with Crippen LogP contribution in [0.3, 0.4) is 0 Å². The van der Waals surface area contributed by atoms with Gasteiger partial charge in [-0.25, -0.2) is 29.6 Å². The number of rotatable bonds is 10. The number of H-pyrrole nitrogens is 4. The summed E-state index contributed by atoms with van der Waals surface area (Å²) in [5.74, 6) is 1.37. The molecular weight excluding hydrogens is 1250 g/mol. The molecule has 4 aromatic heterocycles. The van der Waals surface area contributed by atoms with Crippen LogP contribution in [-0.4, -0.2) is 175 Å². The Morgan fingerprint density at radius 3 is 1.36 bits per heavy atom. The monoisotopic (exact) mass is 1320 g/mol. The van der Waals surface area contributed by atoms with Gasteiger partial charge >= 0.3 is 12.4 Å². The number of carbonyl (C=O) groups is 1. The smallest absolute Gasteiger partial charge is 0.371 e. The molecule has 0 radical (unpaired) electrons. The minimum absolute atomic E-state index is 0.0101. The van der Waals surface area contributed by atoms with Crippen molar-refractivity contribution in [2.75, 3.05) is 99.8 Å². The Morgan fingerprint density at radius 2 is 0.921 bits per heavy atom. The fourth-order valence-electron chi connectivity index (χ4n) is 12.5. The highest BCUT2D eigenvalue weighted by Gasteiger charge is 2.36. The molecule has 13 rings (SSSR count). The second kappa shape index (κ2) is 26.4. The van der Waals surface area contributed by atoms with E-state index in [1.54, 1.807) is 15.4 Å². The van der Waals surface area contributed by atoms with Gasteiger partial charge in [0.05, 0.1) is 76.2 Å². The van der Waals surface area contributed by atoms with E-state index in [2.05, 4.69) is 62.7 Å². The molecule has 20 nitrogen and oxygen atoms in total. The van der Waals surface area contributed by atoms with Crippen molar-refractivity contribution in [1.29, 1.82) is 0 Å². The van der Waals surface area contributed by atoms with Crippen LogP contribution in [-0.2, 0) is 47.0 Å². The minimum Gasteiger partial charge on any atom is -0.371 e. The van der Waals surface area contributed by atoms with E-state index >= 15 is 0 Å². The number of anilines is 2. The number of piperidine rings is 3. The number of nitrogens with zero attached hydrogens (tertiary/aromatic N) is 9. The summed E-state index contributed by atoms with van der Waals surface area (Å²) in [7, 11) is -9.21. The van der Waals surface area contributed by atoms with Crippen molar-refractivity contribution in [3.63, 3.8) is 0 Å². The predicted octanol–water partition coefficient (Wildman–Crippen LogP) is 10.4. The van der Waals surface area contributed by atoms with E-state index in [0.717, 1.165) is 96.7 Å². The minimum atomic E-state index is -4.43. The number of aromatic nitrogens is 8. The van der Waals surface area contributed by atoms with Crippen LogP contribution in [0.4, 0.5) is 37.7 Å². The number of sulfonamides is 2. The Morgan fingerprint density at radius 1 is 0.506 bits per heavy atom. The van der Waals surface area contributed by atoms with Gasteiger partial charge in [-0.2, -0.15) is 51.0 Å². The Hall–Kier alpha value is -6.53. The second-order valence-corrected chi connectivity index (χ2v) is 30.6. The van der Waals surface area contributed by atoms with E-state index in [4.69, 9.17) is 11.6 Å². The Bertz CT molecular complexity index is 4160. The van der Waals surface area contributed by atoms with Crippen molar-refractivity contribution in [3.05, 3.63) is 106 Å². The van der Waals surface area contributed by atoms with Crippen LogP contribution in [0, 0.1) is 5.92 Å². The van der Waals surface area contributed by atoms with Gasteiger partial charge < -0.3 is 14.7 Å². The molecule has 0 unspecified atom stereocenters. The third-order valence-corrected chi connectivity index (χ3v) is 21.4. The average molecular weight is 1320 g/mol. The molecule has 0 spiro atoms. The van der Waals surface area contributed by atoms with E-state index in [9.17, 15) is 56.4 Å². The maximum atomic E-state index is 13.1. The quantitative estimate of drug-likeness (QED) is 0.0932. The van der Waals surface area contributed by atoms with Crippen LogP contribution in [0.15, 0.2) is 73.3 Å². The summed E-state index contributed by atoms with van der Waals surface area (Å²) < 4.78 is 150. The van der Waals surface area contributed by atoms with Crippen molar-refractivity contribution in [2.24, 2.45) is 5.92 Å². The Labute approximate surface area is 517 Å². The first-order valence-corrected chi connectivity index (χ1v) is 35.6. The molecule has 89 heavy (non-hydrogen) atoms. The molecule has 4 saturated heterocycles. The molecule has 5 fully saturated rings. The molecule has 8 heterocycles. The van der Waals surface area contributed by atoms with Gasteiger partial charge in [-0.05, 0) is 147 Å². The van der Waals surface area contributed by atoms with E-state index < -0.39 is 53.4 Å². The number of fused-ring (bicyclic) bond motifs is 4.